The minimum absolute atomic E-state index is 0.0155. The Balaban J connectivity index is 1.18. The zero-order valence-corrected chi connectivity index (χ0v) is 23.9. The van der Waals surface area contributed by atoms with Crippen LogP contribution in [0, 0.1) is 17.3 Å². The molecule has 1 heterocycles. The normalized spacial score (nSPS) is 21.9. The number of nitrogens with one attached hydrogen (secondary N) is 1. The van der Waals surface area contributed by atoms with Gasteiger partial charge in [0.2, 0.25) is 0 Å². The van der Waals surface area contributed by atoms with Crippen LogP contribution < -0.4 is 10.1 Å². The first-order valence-electron chi connectivity index (χ1n) is 13.9. The van der Waals surface area contributed by atoms with Crippen molar-refractivity contribution in [3.05, 3.63) is 70.8 Å². The van der Waals surface area contributed by atoms with Crippen molar-refractivity contribution in [1.29, 1.82) is 0 Å². The number of ether oxygens (including phenoxy) is 1. The topological polar surface area (TPSA) is 65.1 Å². The number of methoxy groups -OCH3 is 1. The Kier molecular flexibility index (Phi) is 8.19. The lowest BCUT2D eigenvalue weighted by atomic mass is 9.49. The first-order chi connectivity index (χ1) is 18.8. The van der Waals surface area contributed by atoms with Crippen molar-refractivity contribution in [2.75, 3.05) is 58.2 Å². The van der Waals surface area contributed by atoms with Crippen molar-refractivity contribution in [1.82, 2.24) is 14.7 Å². The van der Waals surface area contributed by atoms with Gasteiger partial charge in [-0.25, -0.2) is 4.79 Å². The van der Waals surface area contributed by atoms with Gasteiger partial charge in [-0.2, -0.15) is 0 Å². The van der Waals surface area contributed by atoms with Crippen LogP contribution in [0.5, 0.6) is 5.75 Å². The number of halogens is 1. The predicted molar refractivity (Wildman–Crippen MR) is 155 cm³/mol. The second-order valence-corrected chi connectivity index (χ2v) is 11.9. The molecule has 0 spiro atoms. The van der Waals surface area contributed by atoms with Crippen LogP contribution in [-0.4, -0.2) is 79.6 Å². The lowest BCUT2D eigenvalue weighted by Gasteiger charge is -2.57. The van der Waals surface area contributed by atoms with E-state index in [0.717, 1.165) is 43.4 Å². The molecule has 6 rings (SSSR count). The number of benzene rings is 2. The van der Waals surface area contributed by atoms with Crippen LogP contribution in [0.2, 0.25) is 5.02 Å². The molecule has 3 amide bonds. The van der Waals surface area contributed by atoms with Gasteiger partial charge in [0.05, 0.1) is 17.7 Å². The summed E-state index contributed by atoms with van der Waals surface area (Å²) in [5.74, 6) is 2.05. The van der Waals surface area contributed by atoms with Gasteiger partial charge in [0.1, 0.15) is 5.75 Å². The zero-order chi connectivity index (χ0) is 27.6. The fourth-order valence-corrected chi connectivity index (χ4v) is 6.46. The van der Waals surface area contributed by atoms with Crippen LogP contribution in [0.25, 0.3) is 0 Å². The van der Waals surface area contributed by atoms with Crippen molar-refractivity contribution >= 4 is 29.2 Å². The number of hydrogen-bond acceptors (Lipinski definition) is 4. The Hall–Kier alpha value is -3.03. The summed E-state index contributed by atoms with van der Waals surface area (Å²) in [6.45, 7) is 9.58. The highest BCUT2D eigenvalue weighted by Gasteiger charge is 2.51. The van der Waals surface area contributed by atoms with Crippen LogP contribution in [0.1, 0.15) is 37.0 Å². The molecule has 2 atom stereocenters. The summed E-state index contributed by atoms with van der Waals surface area (Å²) >= 11 is 6.43. The zero-order valence-electron chi connectivity index (χ0n) is 23.2. The highest BCUT2D eigenvalue weighted by molar-refractivity contribution is 6.33. The van der Waals surface area contributed by atoms with Gasteiger partial charge in [-0.1, -0.05) is 49.2 Å². The van der Waals surface area contributed by atoms with Gasteiger partial charge in [0.25, 0.3) is 5.91 Å². The van der Waals surface area contributed by atoms with Crippen LogP contribution in [0.4, 0.5) is 10.5 Å². The third kappa shape index (κ3) is 5.94. The van der Waals surface area contributed by atoms with E-state index in [1.807, 2.05) is 52.3 Å². The summed E-state index contributed by atoms with van der Waals surface area (Å²) in [5.41, 5.74) is 3.01. The fourth-order valence-electron chi connectivity index (χ4n) is 6.25. The molecule has 2 aromatic rings. The molecule has 208 valence electrons. The summed E-state index contributed by atoms with van der Waals surface area (Å²) in [6.07, 6.45) is 4.71. The molecule has 2 bridgehead atoms. The summed E-state index contributed by atoms with van der Waals surface area (Å²) in [6, 6.07) is 14.6. The molecule has 8 heteroatoms. The molecular weight excluding hydrogens is 512 g/mol. The van der Waals surface area contributed by atoms with Crippen LogP contribution >= 0.6 is 11.6 Å². The van der Waals surface area contributed by atoms with Crippen molar-refractivity contribution in [2.24, 2.45) is 17.3 Å². The van der Waals surface area contributed by atoms with E-state index in [0.29, 0.717) is 48.1 Å². The van der Waals surface area contributed by atoms with Crippen LogP contribution in [-0.2, 0) is 0 Å². The third-order valence-electron chi connectivity index (χ3n) is 9.03. The number of rotatable bonds is 8. The van der Waals surface area contributed by atoms with Gasteiger partial charge in [-0.3, -0.25) is 9.69 Å². The molecule has 2 aromatic carbocycles. The number of carbonyl (C=O) groups excluding carboxylic acids is 2. The molecule has 1 aliphatic heterocycles. The molecule has 0 radical (unpaired) electrons. The summed E-state index contributed by atoms with van der Waals surface area (Å²) in [4.78, 5) is 32.6. The Labute approximate surface area is 236 Å². The number of anilines is 1. The SMILES string of the molecule is COc1ccc(NC(=O)N2CCN(CCN(CC3=CCC4CC3C4(C)C)C(=O)c3ccccc3Cl)CC2)cc1. The second kappa shape index (κ2) is 11.6. The number of piperazine rings is 1. The van der Waals surface area contributed by atoms with E-state index in [-0.39, 0.29) is 11.9 Å². The first-order valence-corrected chi connectivity index (χ1v) is 14.3. The van der Waals surface area contributed by atoms with Gasteiger partial charge in [-0.05, 0) is 66.5 Å². The molecular formula is C31H39ClN4O3. The average Bonchev–Trinajstić information content (AvgIpc) is 2.95. The van der Waals surface area contributed by atoms with E-state index >= 15 is 0 Å². The summed E-state index contributed by atoms with van der Waals surface area (Å²) in [7, 11) is 1.62. The minimum atomic E-state index is -0.0963. The molecule has 2 fully saturated rings. The van der Waals surface area contributed by atoms with Crippen LogP contribution in [0.3, 0.4) is 0 Å². The number of hydrogen-bond donors (Lipinski definition) is 1. The molecule has 4 aliphatic rings. The Morgan fingerprint density at radius 2 is 1.79 bits per heavy atom. The monoisotopic (exact) mass is 550 g/mol. The maximum Gasteiger partial charge on any atom is 0.321 e. The predicted octanol–water partition coefficient (Wildman–Crippen LogP) is 5.63. The molecule has 2 unspecified atom stereocenters. The molecule has 3 aliphatic carbocycles. The first kappa shape index (κ1) is 27.5. The van der Waals surface area contributed by atoms with Crippen molar-refractivity contribution in [3.8, 4) is 5.75 Å². The molecule has 39 heavy (non-hydrogen) atoms. The number of amides is 3. The van der Waals surface area contributed by atoms with E-state index in [4.69, 9.17) is 16.3 Å². The van der Waals surface area contributed by atoms with Gasteiger partial charge in [0, 0.05) is 51.5 Å². The van der Waals surface area contributed by atoms with Gasteiger partial charge in [-0.15, -0.1) is 0 Å². The number of carbonyl (C=O) groups is 2. The Bertz CT molecular complexity index is 1220. The second-order valence-electron chi connectivity index (χ2n) is 11.5. The Morgan fingerprint density at radius 3 is 2.44 bits per heavy atom. The van der Waals surface area contributed by atoms with E-state index in [1.165, 1.54) is 12.0 Å². The lowest BCUT2D eigenvalue weighted by Crippen LogP contribution is -2.52. The average molecular weight is 551 g/mol. The van der Waals surface area contributed by atoms with Gasteiger partial charge in [0.15, 0.2) is 0 Å². The van der Waals surface area contributed by atoms with Gasteiger partial charge >= 0.3 is 6.03 Å². The summed E-state index contributed by atoms with van der Waals surface area (Å²) < 4.78 is 5.18. The maximum atomic E-state index is 13.7. The summed E-state index contributed by atoms with van der Waals surface area (Å²) in [5, 5.41) is 3.46. The largest absolute Gasteiger partial charge is 0.497 e. The highest BCUT2D eigenvalue weighted by Crippen LogP contribution is 2.59. The van der Waals surface area contributed by atoms with E-state index in [9.17, 15) is 9.59 Å². The minimum Gasteiger partial charge on any atom is -0.497 e. The van der Waals surface area contributed by atoms with Gasteiger partial charge < -0.3 is 19.9 Å². The Morgan fingerprint density at radius 1 is 1.08 bits per heavy atom. The highest BCUT2D eigenvalue weighted by atomic mass is 35.5. The number of fused-ring (bicyclic) bond motifs is 1. The molecule has 1 saturated carbocycles. The maximum absolute atomic E-state index is 13.7. The van der Waals surface area contributed by atoms with Crippen LogP contribution in [0.15, 0.2) is 60.2 Å². The number of nitrogens with zero attached hydrogens (tertiary/aromatic N) is 3. The number of allylic oxidation sites excluding steroid dienone is 1. The molecule has 0 aromatic heterocycles. The smallest absolute Gasteiger partial charge is 0.321 e. The molecule has 1 saturated heterocycles. The molecule has 1 N–H and O–H groups in total. The van der Waals surface area contributed by atoms with Crippen molar-refractivity contribution in [2.45, 2.75) is 26.7 Å². The lowest BCUT2D eigenvalue weighted by molar-refractivity contribution is -0.0105. The van der Waals surface area contributed by atoms with Crippen molar-refractivity contribution < 1.29 is 14.3 Å². The molecule has 7 nitrogen and oxygen atoms in total. The fraction of sp³-hybridized carbons (Fsp3) is 0.484. The standard InChI is InChI=1S/C31H39ClN4O3/c1-31(2)23-9-8-22(27(31)20-23)21-36(29(37)26-6-4-5-7-28(26)32)19-16-34-14-17-35(18-15-34)30(38)33-24-10-12-25(39-3)13-11-24/h4-8,10-13,23,27H,9,14-21H2,1-3H3,(H,33,38). The quantitative estimate of drug-likeness (QED) is 0.432. The third-order valence-corrected chi connectivity index (χ3v) is 9.36. The van der Waals surface area contributed by atoms with E-state index in [1.54, 1.807) is 13.2 Å². The number of urea groups is 1. The van der Waals surface area contributed by atoms with E-state index in [2.05, 4.69) is 30.1 Å². The van der Waals surface area contributed by atoms with E-state index < -0.39 is 0 Å². The van der Waals surface area contributed by atoms with Crippen molar-refractivity contribution in [3.63, 3.8) is 0 Å².